The number of Topliss-reactive ketones (excluding diaryl/α,β-unsaturated/α-hetero) is 1. The Morgan fingerprint density at radius 1 is 0.936 bits per heavy atom. The third-order valence-corrected chi connectivity index (χ3v) is 12.7. The van der Waals surface area contributed by atoms with Crippen molar-refractivity contribution in [3.05, 3.63) is 30.1 Å². The zero-order valence-corrected chi connectivity index (χ0v) is 28.6. The molecule has 252 valence electrons. The van der Waals surface area contributed by atoms with E-state index in [9.17, 15) is 14.4 Å². The summed E-state index contributed by atoms with van der Waals surface area (Å²) in [6.45, 7) is 3.33. The molecule has 9 nitrogen and oxygen atoms in total. The van der Waals surface area contributed by atoms with Gasteiger partial charge in [0.25, 0.3) is 0 Å². The van der Waals surface area contributed by atoms with Crippen LogP contribution in [-0.2, 0) is 27.3 Å². The number of benzene rings is 1. The molecule has 2 aromatic heterocycles. The Hall–Kier alpha value is -2.98. The van der Waals surface area contributed by atoms with Gasteiger partial charge in [0.2, 0.25) is 11.8 Å². The first kappa shape index (κ1) is 32.6. The van der Waals surface area contributed by atoms with Crippen LogP contribution in [0.15, 0.2) is 24.3 Å². The summed E-state index contributed by atoms with van der Waals surface area (Å²) < 4.78 is 2.28. The Balaban J connectivity index is 0.961. The van der Waals surface area contributed by atoms with Crippen molar-refractivity contribution in [2.45, 2.75) is 121 Å². The normalized spacial score (nSPS) is 28.2. The Morgan fingerprint density at radius 2 is 1.70 bits per heavy atom. The van der Waals surface area contributed by atoms with Gasteiger partial charge in [0.15, 0.2) is 11.6 Å². The molecule has 0 radical (unpaired) electrons. The van der Waals surface area contributed by atoms with E-state index in [-0.39, 0.29) is 30.2 Å². The highest BCUT2D eigenvalue weighted by atomic mass is 32.2. The quantitative estimate of drug-likeness (QED) is 0.188. The fraction of sp³-hybridized carbons (Fsp3) is 0.649. The van der Waals surface area contributed by atoms with Crippen molar-refractivity contribution < 1.29 is 14.4 Å². The maximum atomic E-state index is 13.7. The van der Waals surface area contributed by atoms with Gasteiger partial charge in [-0.15, -0.1) is 11.8 Å². The van der Waals surface area contributed by atoms with Crippen LogP contribution in [0, 0.1) is 17.8 Å². The number of nitrogens with zero attached hydrogens (tertiary/aromatic N) is 4. The highest BCUT2D eigenvalue weighted by Gasteiger charge is 2.51. The number of hydrogen-bond donors (Lipinski definition) is 2. The number of rotatable bonds is 11. The fourth-order valence-corrected chi connectivity index (χ4v) is 10.2. The number of unbranched alkanes of at least 4 members (excludes halogenated alkanes) is 2. The lowest BCUT2D eigenvalue weighted by Crippen LogP contribution is -2.44. The minimum Gasteiger partial charge on any atom is -0.382 e. The molecular weight excluding hydrogens is 609 g/mol. The number of hydrogen-bond acceptors (Lipinski definition) is 8. The molecular formula is C37H50N6O3S. The number of aromatic nitrogens is 3. The number of anilines is 1. The number of amides is 2. The number of carbonyl (C=O) groups is 3. The fourth-order valence-electron chi connectivity index (χ4n) is 8.96. The van der Waals surface area contributed by atoms with E-state index in [0.717, 1.165) is 66.4 Å². The number of nitrogens with one attached hydrogen (secondary N) is 1. The van der Waals surface area contributed by atoms with Crippen LogP contribution < -0.4 is 11.1 Å². The first-order valence-corrected chi connectivity index (χ1v) is 19.3. The molecule has 2 saturated carbocycles. The Bertz CT molecular complexity index is 1640. The smallest absolute Gasteiger partial charge is 0.242 e. The number of aryl methyl sites for hydroxylation is 2. The number of imidazole rings is 1. The van der Waals surface area contributed by atoms with Gasteiger partial charge in [-0.25, -0.2) is 9.97 Å². The van der Waals surface area contributed by atoms with Gasteiger partial charge < -0.3 is 15.6 Å². The number of likely N-dealkylation sites (tertiary alicyclic amines) is 1. The molecule has 2 saturated heterocycles. The van der Waals surface area contributed by atoms with E-state index in [4.69, 9.17) is 10.7 Å². The van der Waals surface area contributed by atoms with Crippen LogP contribution in [0.5, 0.6) is 0 Å². The number of nitrogen functional groups attached to an aromatic ring is 1. The standard InChI is InChI=1S/C37H50N6O3S/c1-2-3-16-29-41-33-34(25-14-8-9-15-26(25)40-36(33)38)42(29)19-10-11-20-43-30(44)21-28(37(43)46)47-22-27-35(45)31-23-12-6-4-5-7-13-24(18-17-23)32(31)39-27/h8-9,14-15,23-24,27-28,31-32,39H,2-7,10-13,16-22H2,1H3,(H2,38,40). The molecule has 3 N–H and O–H groups in total. The van der Waals surface area contributed by atoms with Crippen LogP contribution in [0.25, 0.3) is 21.9 Å². The number of thioether (sulfide) groups is 1. The number of ketones is 1. The molecule has 2 aliphatic carbocycles. The van der Waals surface area contributed by atoms with Crippen molar-refractivity contribution in [1.29, 1.82) is 0 Å². The van der Waals surface area contributed by atoms with Gasteiger partial charge in [0.05, 0.1) is 22.3 Å². The molecule has 6 unspecified atom stereocenters. The first-order valence-electron chi connectivity index (χ1n) is 18.2. The zero-order valence-electron chi connectivity index (χ0n) is 27.8. The Labute approximate surface area is 282 Å². The Kier molecular flexibility index (Phi) is 9.87. The summed E-state index contributed by atoms with van der Waals surface area (Å²) in [4.78, 5) is 51.1. The van der Waals surface area contributed by atoms with Gasteiger partial charge in [-0.2, -0.15) is 0 Å². The molecule has 1 aromatic carbocycles. The van der Waals surface area contributed by atoms with Crippen molar-refractivity contribution in [3.8, 4) is 0 Å². The van der Waals surface area contributed by atoms with Crippen LogP contribution in [0.2, 0.25) is 0 Å². The highest BCUT2D eigenvalue weighted by Crippen LogP contribution is 2.44. The summed E-state index contributed by atoms with van der Waals surface area (Å²) in [5, 5.41) is 4.39. The number of para-hydroxylation sites is 1. The van der Waals surface area contributed by atoms with E-state index in [1.807, 2.05) is 18.2 Å². The third-order valence-electron chi connectivity index (χ3n) is 11.4. The summed E-state index contributed by atoms with van der Waals surface area (Å²) in [6, 6.07) is 8.13. The van der Waals surface area contributed by atoms with E-state index in [2.05, 4.69) is 27.9 Å². The molecule has 2 bridgehead atoms. The second kappa shape index (κ2) is 14.2. The van der Waals surface area contributed by atoms with Gasteiger partial charge in [-0.05, 0) is 62.8 Å². The molecule has 4 heterocycles. The predicted octanol–water partition coefficient (Wildman–Crippen LogP) is 6.06. The Morgan fingerprint density at radius 3 is 2.53 bits per heavy atom. The lowest BCUT2D eigenvalue weighted by atomic mass is 9.67. The van der Waals surface area contributed by atoms with E-state index in [1.165, 1.54) is 68.0 Å². The van der Waals surface area contributed by atoms with E-state index >= 15 is 0 Å². The molecule has 2 aliphatic heterocycles. The van der Waals surface area contributed by atoms with Gasteiger partial charge in [-0.1, -0.05) is 57.2 Å². The zero-order chi connectivity index (χ0) is 32.5. The molecule has 4 fully saturated rings. The molecule has 7 rings (SSSR count). The molecule has 2 amide bonds. The van der Waals surface area contributed by atoms with Crippen LogP contribution in [0.3, 0.4) is 0 Å². The topological polar surface area (TPSA) is 123 Å². The number of nitrogens with two attached hydrogens (primary N) is 1. The molecule has 3 aromatic rings. The van der Waals surface area contributed by atoms with Gasteiger partial charge >= 0.3 is 0 Å². The van der Waals surface area contributed by atoms with E-state index in [1.54, 1.807) is 0 Å². The summed E-state index contributed by atoms with van der Waals surface area (Å²) in [5.74, 6) is 3.44. The lowest BCUT2D eigenvalue weighted by Gasteiger charge is -2.39. The van der Waals surface area contributed by atoms with Crippen LogP contribution in [0.4, 0.5) is 5.82 Å². The number of imide groups is 1. The average Bonchev–Trinajstić information content (AvgIpc) is 3.71. The van der Waals surface area contributed by atoms with E-state index < -0.39 is 5.25 Å². The first-order chi connectivity index (χ1) is 22.9. The SMILES string of the molecule is CCCCc1nc2c(N)nc3ccccc3c2n1CCCCN1C(=O)CC(SCC2NC3C4CCCCCCC(CC4)C3C2=O)C1=O. The molecule has 10 heteroatoms. The number of carbonyl (C=O) groups excluding carboxylic acids is 3. The molecule has 4 aliphatic rings. The number of fused-ring (bicyclic) bond motifs is 3. The largest absolute Gasteiger partial charge is 0.382 e. The summed E-state index contributed by atoms with van der Waals surface area (Å²) in [6.07, 6.45) is 14.6. The maximum absolute atomic E-state index is 13.7. The van der Waals surface area contributed by atoms with Gasteiger partial charge in [0, 0.05) is 49.0 Å². The van der Waals surface area contributed by atoms with Gasteiger partial charge in [0.1, 0.15) is 11.3 Å². The number of pyridine rings is 1. The van der Waals surface area contributed by atoms with E-state index in [0.29, 0.717) is 41.8 Å². The molecule has 0 spiro atoms. The second-order valence-corrected chi connectivity index (χ2v) is 15.6. The van der Waals surface area contributed by atoms with Crippen molar-refractivity contribution in [1.82, 2.24) is 24.8 Å². The van der Waals surface area contributed by atoms with Crippen molar-refractivity contribution in [2.75, 3.05) is 18.0 Å². The van der Waals surface area contributed by atoms with Crippen molar-refractivity contribution in [2.24, 2.45) is 17.8 Å². The predicted molar refractivity (Wildman–Crippen MR) is 188 cm³/mol. The summed E-state index contributed by atoms with van der Waals surface area (Å²) in [5.41, 5.74) is 8.99. The molecule has 47 heavy (non-hydrogen) atoms. The van der Waals surface area contributed by atoms with Crippen LogP contribution in [-0.4, -0.2) is 66.7 Å². The van der Waals surface area contributed by atoms with Crippen molar-refractivity contribution in [3.63, 3.8) is 0 Å². The summed E-state index contributed by atoms with van der Waals surface area (Å²) in [7, 11) is 0. The third kappa shape index (κ3) is 6.44. The minimum atomic E-state index is -0.395. The second-order valence-electron chi connectivity index (χ2n) is 14.4. The molecule has 6 atom stereocenters. The minimum absolute atomic E-state index is 0.0908. The lowest BCUT2D eigenvalue weighted by molar-refractivity contribution is -0.138. The van der Waals surface area contributed by atoms with Gasteiger partial charge in [-0.3, -0.25) is 19.3 Å². The van der Waals surface area contributed by atoms with Crippen molar-refractivity contribution >= 4 is 57.1 Å². The average molecular weight is 659 g/mol. The van der Waals surface area contributed by atoms with Crippen LogP contribution in [0.1, 0.15) is 96.2 Å². The highest BCUT2D eigenvalue weighted by molar-refractivity contribution is 8.00. The maximum Gasteiger partial charge on any atom is 0.242 e. The monoisotopic (exact) mass is 658 g/mol. The summed E-state index contributed by atoms with van der Waals surface area (Å²) >= 11 is 1.51. The van der Waals surface area contributed by atoms with Crippen LogP contribution >= 0.6 is 11.8 Å².